The van der Waals surface area contributed by atoms with Gasteiger partial charge in [0, 0.05) is 0 Å². The minimum atomic E-state index is -0.269. The molecule has 1 aliphatic heterocycles. The van der Waals surface area contributed by atoms with Crippen molar-refractivity contribution in [3.8, 4) is 11.5 Å². The SMILES string of the molecule is Fc1ccc2c(c1I)OCO2. The number of ether oxygens (including phenoxy) is 2. The number of hydrogen-bond donors (Lipinski definition) is 0. The van der Waals surface area contributed by atoms with Crippen LogP contribution in [0, 0.1) is 9.39 Å². The summed E-state index contributed by atoms with van der Waals surface area (Å²) in [6, 6.07) is 2.94. The molecule has 58 valence electrons. The Hall–Kier alpha value is -0.520. The van der Waals surface area contributed by atoms with Gasteiger partial charge in [-0.2, -0.15) is 0 Å². The zero-order chi connectivity index (χ0) is 7.84. The first kappa shape index (κ1) is 7.15. The summed E-state index contributed by atoms with van der Waals surface area (Å²) >= 11 is 1.89. The molecule has 2 rings (SSSR count). The fourth-order valence-corrected chi connectivity index (χ4v) is 1.52. The van der Waals surface area contributed by atoms with E-state index in [1.165, 1.54) is 6.07 Å². The molecule has 0 unspecified atom stereocenters. The largest absolute Gasteiger partial charge is 0.454 e. The second kappa shape index (κ2) is 2.51. The Labute approximate surface area is 76.4 Å². The van der Waals surface area contributed by atoms with Gasteiger partial charge in [0.05, 0.1) is 3.57 Å². The van der Waals surface area contributed by atoms with E-state index in [0.29, 0.717) is 15.1 Å². The van der Waals surface area contributed by atoms with Crippen molar-refractivity contribution in [1.82, 2.24) is 0 Å². The average Bonchev–Trinajstić information content (AvgIpc) is 2.45. The monoisotopic (exact) mass is 266 g/mol. The number of fused-ring (bicyclic) bond motifs is 1. The third-order valence-electron chi connectivity index (χ3n) is 1.43. The van der Waals surface area contributed by atoms with Gasteiger partial charge in [0.2, 0.25) is 6.79 Å². The Morgan fingerprint density at radius 2 is 2.18 bits per heavy atom. The lowest BCUT2D eigenvalue weighted by atomic mass is 10.3. The van der Waals surface area contributed by atoms with Crippen LogP contribution in [0.1, 0.15) is 0 Å². The van der Waals surface area contributed by atoms with E-state index in [4.69, 9.17) is 9.47 Å². The van der Waals surface area contributed by atoms with Crippen molar-refractivity contribution < 1.29 is 13.9 Å². The summed E-state index contributed by atoms with van der Waals surface area (Å²) in [5.74, 6) is 0.872. The maximum Gasteiger partial charge on any atom is 0.231 e. The molecule has 4 heteroatoms. The van der Waals surface area contributed by atoms with E-state index in [2.05, 4.69) is 0 Å². The highest BCUT2D eigenvalue weighted by molar-refractivity contribution is 14.1. The van der Waals surface area contributed by atoms with Crippen LogP contribution in [0.3, 0.4) is 0 Å². The number of rotatable bonds is 0. The van der Waals surface area contributed by atoms with E-state index in [0.717, 1.165) is 0 Å². The van der Waals surface area contributed by atoms with Gasteiger partial charge < -0.3 is 9.47 Å². The highest BCUT2D eigenvalue weighted by Gasteiger charge is 2.18. The van der Waals surface area contributed by atoms with Gasteiger partial charge >= 0.3 is 0 Å². The third kappa shape index (κ3) is 1.05. The van der Waals surface area contributed by atoms with Gasteiger partial charge in [0.1, 0.15) is 5.82 Å². The summed E-state index contributed by atoms with van der Waals surface area (Å²) in [7, 11) is 0. The lowest BCUT2D eigenvalue weighted by Gasteiger charge is -1.98. The van der Waals surface area contributed by atoms with Crippen LogP contribution in [0.5, 0.6) is 11.5 Å². The normalized spacial score (nSPS) is 13.6. The van der Waals surface area contributed by atoms with E-state index in [9.17, 15) is 4.39 Å². The first-order valence-corrected chi connectivity index (χ1v) is 4.10. The number of hydrogen-bond acceptors (Lipinski definition) is 2. The molecule has 11 heavy (non-hydrogen) atoms. The van der Waals surface area contributed by atoms with Crippen molar-refractivity contribution in [3.63, 3.8) is 0 Å². The van der Waals surface area contributed by atoms with E-state index >= 15 is 0 Å². The van der Waals surface area contributed by atoms with Crippen LogP contribution < -0.4 is 9.47 Å². The van der Waals surface area contributed by atoms with Gasteiger partial charge in [0.25, 0.3) is 0 Å². The minimum absolute atomic E-state index is 0.189. The van der Waals surface area contributed by atoms with E-state index in [1.54, 1.807) is 6.07 Å². The van der Waals surface area contributed by atoms with Crippen molar-refractivity contribution in [2.75, 3.05) is 6.79 Å². The van der Waals surface area contributed by atoms with Crippen LogP contribution >= 0.6 is 22.6 Å². The molecule has 1 heterocycles. The smallest absolute Gasteiger partial charge is 0.231 e. The molecule has 0 saturated carbocycles. The van der Waals surface area contributed by atoms with Gasteiger partial charge in [-0.25, -0.2) is 4.39 Å². The van der Waals surface area contributed by atoms with Gasteiger partial charge in [-0.1, -0.05) is 0 Å². The molecule has 1 aromatic rings. The molecule has 1 aromatic carbocycles. The molecule has 0 fully saturated rings. The highest BCUT2D eigenvalue weighted by Crippen LogP contribution is 2.37. The number of halogens is 2. The molecule has 0 aliphatic carbocycles. The average molecular weight is 266 g/mol. The van der Waals surface area contributed by atoms with Crippen LogP contribution in [0.15, 0.2) is 12.1 Å². The molecule has 0 spiro atoms. The summed E-state index contributed by atoms with van der Waals surface area (Å²) in [5.41, 5.74) is 0. The molecule has 2 nitrogen and oxygen atoms in total. The Morgan fingerprint density at radius 3 is 3.00 bits per heavy atom. The molecule has 1 aliphatic rings. The Balaban J connectivity index is 2.62. The fourth-order valence-electron chi connectivity index (χ4n) is 0.914. The second-order valence-corrected chi connectivity index (χ2v) is 3.17. The molecule has 0 radical (unpaired) electrons. The van der Waals surface area contributed by atoms with Crippen LogP contribution in [-0.4, -0.2) is 6.79 Å². The predicted molar refractivity (Wildman–Crippen MR) is 45.2 cm³/mol. The summed E-state index contributed by atoms with van der Waals surface area (Å²) in [5, 5.41) is 0. The molecule has 0 aromatic heterocycles. The quantitative estimate of drug-likeness (QED) is 0.670. The van der Waals surface area contributed by atoms with Gasteiger partial charge in [-0.15, -0.1) is 0 Å². The van der Waals surface area contributed by atoms with E-state index < -0.39 is 0 Å². The third-order valence-corrected chi connectivity index (χ3v) is 2.44. The lowest BCUT2D eigenvalue weighted by molar-refractivity contribution is 0.173. The fraction of sp³-hybridized carbons (Fsp3) is 0.143. The second-order valence-electron chi connectivity index (χ2n) is 2.10. The first-order chi connectivity index (χ1) is 5.29. The molecule has 0 N–H and O–H groups in total. The maximum atomic E-state index is 12.8. The zero-order valence-corrected chi connectivity index (χ0v) is 7.59. The van der Waals surface area contributed by atoms with Crippen molar-refractivity contribution in [2.24, 2.45) is 0 Å². The molecule has 0 bridgehead atoms. The highest BCUT2D eigenvalue weighted by atomic mass is 127. The summed E-state index contributed by atoms with van der Waals surface area (Å²) in [6.07, 6.45) is 0. The Morgan fingerprint density at radius 1 is 1.36 bits per heavy atom. The van der Waals surface area contributed by atoms with Crippen LogP contribution in [0.25, 0.3) is 0 Å². The zero-order valence-electron chi connectivity index (χ0n) is 5.43. The minimum Gasteiger partial charge on any atom is -0.454 e. The maximum absolute atomic E-state index is 12.8. The topological polar surface area (TPSA) is 18.5 Å². The Kier molecular flexibility index (Phi) is 1.63. The molecule has 0 atom stereocenters. The van der Waals surface area contributed by atoms with Crippen molar-refractivity contribution >= 4 is 22.6 Å². The van der Waals surface area contributed by atoms with Crippen LogP contribution in [-0.2, 0) is 0 Å². The summed E-state index contributed by atoms with van der Waals surface area (Å²) in [6.45, 7) is 0.189. The van der Waals surface area contributed by atoms with Crippen LogP contribution in [0.2, 0.25) is 0 Å². The molecule has 0 saturated heterocycles. The molecular formula is C7H4FIO2. The summed E-state index contributed by atoms with van der Waals surface area (Å²) < 4.78 is 23.4. The van der Waals surface area contributed by atoms with Crippen molar-refractivity contribution in [3.05, 3.63) is 21.5 Å². The van der Waals surface area contributed by atoms with Gasteiger partial charge in [-0.3, -0.25) is 0 Å². The summed E-state index contributed by atoms with van der Waals surface area (Å²) in [4.78, 5) is 0. The van der Waals surface area contributed by atoms with Crippen molar-refractivity contribution in [1.29, 1.82) is 0 Å². The first-order valence-electron chi connectivity index (χ1n) is 3.02. The van der Waals surface area contributed by atoms with Gasteiger partial charge in [-0.05, 0) is 34.7 Å². The van der Waals surface area contributed by atoms with Crippen molar-refractivity contribution in [2.45, 2.75) is 0 Å². The lowest BCUT2D eigenvalue weighted by Crippen LogP contribution is -1.93. The van der Waals surface area contributed by atoms with E-state index in [-0.39, 0.29) is 12.6 Å². The number of benzene rings is 1. The Bertz CT molecular complexity index is 301. The van der Waals surface area contributed by atoms with E-state index in [1.807, 2.05) is 22.6 Å². The van der Waals surface area contributed by atoms with Crippen LogP contribution in [0.4, 0.5) is 4.39 Å². The molecular weight excluding hydrogens is 262 g/mol. The van der Waals surface area contributed by atoms with Gasteiger partial charge in [0.15, 0.2) is 11.5 Å². The standard InChI is InChI=1S/C7H4FIO2/c8-4-1-2-5-7(6(4)9)11-3-10-5/h1-2H,3H2. The molecule has 0 amide bonds. The predicted octanol–water partition coefficient (Wildman–Crippen LogP) is 2.16.